The molecule has 0 aliphatic carbocycles. The van der Waals surface area contributed by atoms with Crippen molar-refractivity contribution >= 4 is 48.8 Å². The summed E-state index contributed by atoms with van der Waals surface area (Å²) in [5.41, 5.74) is 22.6. The number of carbonyl (C=O) groups excluding carboxylic acids is 4. The standard InChI is InChI=1S/C35H45N10O7P/c1-23(46)45-21-9-15-29(45)32(49)43-28(14-8-20-40-34(36)37)31(48)41-22-30(47)44-33(24-16-18-25(19-17-24)42-35(38)39)53(50,51-26-10-4-2-5-11-26)52-27-12-6-3-7-13-27/h2-7,10-13,16-19,28-29,33H,8-9,14-15,20-22H2,1H3,(H,41,48)(H,43,49)(H,44,47)(H4,36,37,40)(H4,38,39,42)/t28-,29?,33?/m0/s1. The summed E-state index contributed by atoms with van der Waals surface area (Å²) >= 11 is 0. The largest absolute Gasteiger partial charge is 0.457 e. The molecule has 18 heteroatoms. The van der Waals surface area contributed by atoms with Gasteiger partial charge in [-0.25, -0.2) is 9.56 Å². The molecule has 4 rings (SSSR count). The van der Waals surface area contributed by atoms with Crippen LogP contribution in [-0.2, 0) is 23.7 Å². The lowest BCUT2D eigenvalue weighted by Gasteiger charge is -2.29. The van der Waals surface area contributed by atoms with Crippen molar-refractivity contribution < 1.29 is 32.8 Å². The van der Waals surface area contributed by atoms with Crippen LogP contribution in [0.1, 0.15) is 44.0 Å². The van der Waals surface area contributed by atoms with Gasteiger partial charge in [0.25, 0.3) is 0 Å². The number of hydrogen-bond acceptors (Lipinski definition) is 9. The van der Waals surface area contributed by atoms with Gasteiger partial charge in [0.1, 0.15) is 23.6 Å². The number of hydrogen-bond donors (Lipinski definition) is 7. The highest BCUT2D eigenvalue weighted by molar-refractivity contribution is 7.55. The van der Waals surface area contributed by atoms with Crippen molar-refractivity contribution in [3.8, 4) is 11.5 Å². The maximum Gasteiger partial charge on any atom is 0.457 e. The van der Waals surface area contributed by atoms with Crippen LogP contribution < -0.4 is 47.9 Å². The Kier molecular flexibility index (Phi) is 14.2. The summed E-state index contributed by atoms with van der Waals surface area (Å²) in [7, 11) is -4.38. The zero-order valence-corrected chi connectivity index (χ0v) is 30.1. The van der Waals surface area contributed by atoms with Crippen LogP contribution in [0.4, 0.5) is 5.69 Å². The summed E-state index contributed by atoms with van der Waals surface area (Å²) in [6.07, 6.45) is 1.53. The van der Waals surface area contributed by atoms with Crippen molar-refractivity contribution in [1.29, 1.82) is 0 Å². The topological polar surface area (TPSA) is 272 Å². The minimum absolute atomic E-state index is 0.124. The van der Waals surface area contributed by atoms with Gasteiger partial charge < -0.3 is 52.8 Å². The lowest BCUT2D eigenvalue weighted by molar-refractivity contribution is -0.138. The first-order valence-electron chi connectivity index (χ1n) is 16.8. The summed E-state index contributed by atoms with van der Waals surface area (Å²) in [5.74, 6) is -3.46. The van der Waals surface area contributed by atoms with E-state index in [1.165, 1.54) is 11.8 Å². The normalized spacial score (nSPS) is 14.9. The molecule has 3 aromatic rings. The quantitative estimate of drug-likeness (QED) is 0.0452. The minimum Gasteiger partial charge on any atom is -0.414 e. The van der Waals surface area contributed by atoms with E-state index in [1.54, 1.807) is 84.9 Å². The first kappa shape index (κ1) is 39.7. The molecule has 282 valence electrons. The number of guanidine groups is 2. The van der Waals surface area contributed by atoms with E-state index >= 15 is 0 Å². The van der Waals surface area contributed by atoms with Gasteiger partial charge >= 0.3 is 7.60 Å². The summed E-state index contributed by atoms with van der Waals surface area (Å²) in [5, 5.41) is 7.98. The van der Waals surface area contributed by atoms with E-state index in [0.29, 0.717) is 37.1 Å². The molecule has 53 heavy (non-hydrogen) atoms. The van der Waals surface area contributed by atoms with Crippen molar-refractivity contribution in [2.75, 3.05) is 19.6 Å². The Bertz CT molecular complexity index is 1770. The Balaban J connectivity index is 1.58. The molecule has 3 atom stereocenters. The average Bonchev–Trinajstić information content (AvgIpc) is 3.63. The van der Waals surface area contributed by atoms with Gasteiger partial charge in [0, 0.05) is 20.0 Å². The maximum absolute atomic E-state index is 14.9. The number of para-hydroxylation sites is 2. The number of benzene rings is 3. The first-order valence-corrected chi connectivity index (χ1v) is 18.4. The third-order valence-electron chi connectivity index (χ3n) is 7.99. The van der Waals surface area contributed by atoms with Crippen molar-refractivity contribution in [3.63, 3.8) is 0 Å². The van der Waals surface area contributed by atoms with E-state index in [0.717, 1.165) is 0 Å². The van der Waals surface area contributed by atoms with Crippen LogP contribution in [0.25, 0.3) is 0 Å². The van der Waals surface area contributed by atoms with Crippen LogP contribution in [-0.4, -0.2) is 72.2 Å². The highest BCUT2D eigenvalue weighted by atomic mass is 31.2. The van der Waals surface area contributed by atoms with Crippen LogP contribution in [0.2, 0.25) is 0 Å². The molecule has 0 spiro atoms. The van der Waals surface area contributed by atoms with Crippen molar-refractivity contribution in [2.45, 2.75) is 50.5 Å². The second-order valence-corrected chi connectivity index (χ2v) is 14.0. The molecule has 0 bridgehead atoms. The fourth-order valence-electron chi connectivity index (χ4n) is 5.56. The predicted molar refractivity (Wildman–Crippen MR) is 200 cm³/mol. The van der Waals surface area contributed by atoms with E-state index in [9.17, 15) is 23.7 Å². The van der Waals surface area contributed by atoms with Gasteiger partial charge in [0.15, 0.2) is 17.7 Å². The number of nitrogens with one attached hydrogen (secondary N) is 3. The van der Waals surface area contributed by atoms with Gasteiger partial charge in [-0.15, -0.1) is 0 Å². The molecule has 0 radical (unpaired) electrons. The third kappa shape index (κ3) is 12.0. The van der Waals surface area contributed by atoms with E-state index in [1.807, 2.05) is 0 Å². The van der Waals surface area contributed by atoms with Crippen molar-refractivity contribution in [3.05, 3.63) is 90.5 Å². The molecular weight excluding hydrogens is 703 g/mol. The summed E-state index contributed by atoms with van der Waals surface area (Å²) in [6, 6.07) is 21.0. The van der Waals surface area contributed by atoms with Gasteiger partial charge in [0.2, 0.25) is 23.6 Å². The summed E-state index contributed by atoms with van der Waals surface area (Å²) in [6.45, 7) is 1.41. The van der Waals surface area contributed by atoms with Gasteiger partial charge in [-0.2, -0.15) is 0 Å². The molecule has 3 aromatic carbocycles. The smallest absolute Gasteiger partial charge is 0.414 e. The van der Waals surface area contributed by atoms with E-state index in [4.69, 9.17) is 32.0 Å². The van der Waals surface area contributed by atoms with Crippen molar-refractivity contribution in [2.24, 2.45) is 32.9 Å². The Morgan fingerprint density at radius 2 is 1.47 bits per heavy atom. The highest BCUT2D eigenvalue weighted by Crippen LogP contribution is 2.59. The summed E-state index contributed by atoms with van der Waals surface area (Å²) in [4.78, 5) is 61.8. The Morgan fingerprint density at radius 1 is 0.868 bits per heavy atom. The van der Waals surface area contributed by atoms with Crippen molar-refractivity contribution in [1.82, 2.24) is 20.9 Å². The Morgan fingerprint density at radius 3 is 2.02 bits per heavy atom. The molecule has 4 amide bonds. The second kappa shape index (κ2) is 18.9. The molecule has 17 nitrogen and oxygen atoms in total. The van der Waals surface area contributed by atoms with Gasteiger partial charge in [-0.3, -0.25) is 24.2 Å². The number of nitrogens with zero attached hydrogens (tertiary/aromatic N) is 3. The maximum atomic E-state index is 14.9. The van der Waals surface area contributed by atoms with Crippen LogP contribution >= 0.6 is 7.60 Å². The fraction of sp³-hybridized carbons (Fsp3) is 0.314. The number of rotatable bonds is 17. The van der Waals surface area contributed by atoms with E-state index in [-0.39, 0.29) is 42.3 Å². The third-order valence-corrected chi connectivity index (χ3v) is 9.98. The molecule has 1 saturated heterocycles. The molecular formula is C35H45N10O7P. The molecule has 1 aliphatic heterocycles. The van der Waals surface area contributed by atoms with Gasteiger partial charge in [-0.05, 0) is 67.6 Å². The number of likely N-dealkylation sites (tertiary alicyclic amines) is 1. The first-order chi connectivity index (χ1) is 25.3. The SMILES string of the molecule is CC(=O)N1CCCC1C(=O)N[C@@H](CCCN=C(N)N)C(=O)NCC(=O)NC(c1ccc(N=C(N)N)cc1)P(=O)(Oc1ccccc1)Oc1ccccc1. The molecule has 0 saturated carbocycles. The lowest BCUT2D eigenvalue weighted by atomic mass is 10.1. The number of nitrogens with two attached hydrogens (primary N) is 4. The Labute approximate surface area is 307 Å². The molecule has 1 heterocycles. The second-order valence-electron chi connectivity index (χ2n) is 12.0. The number of aliphatic imine (C=N–C) groups is 2. The monoisotopic (exact) mass is 748 g/mol. The van der Waals surface area contributed by atoms with E-state index in [2.05, 4.69) is 25.9 Å². The number of amides is 4. The van der Waals surface area contributed by atoms with Gasteiger partial charge in [-0.1, -0.05) is 48.5 Å². The van der Waals surface area contributed by atoms with Gasteiger partial charge in [0.05, 0.1) is 12.2 Å². The zero-order valence-electron chi connectivity index (χ0n) is 29.2. The summed E-state index contributed by atoms with van der Waals surface area (Å²) < 4.78 is 27.0. The zero-order chi connectivity index (χ0) is 38.4. The lowest BCUT2D eigenvalue weighted by Crippen LogP contribution is -2.53. The predicted octanol–water partition coefficient (Wildman–Crippen LogP) is 1.72. The Hall–Kier alpha value is -6.09. The molecule has 11 N–H and O–H groups in total. The van der Waals surface area contributed by atoms with Crippen LogP contribution in [0.3, 0.4) is 0 Å². The average molecular weight is 749 g/mol. The molecule has 2 unspecified atom stereocenters. The molecule has 1 fully saturated rings. The molecule has 1 aliphatic rings. The van der Waals surface area contributed by atoms with E-state index < -0.39 is 49.7 Å². The van der Waals surface area contributed by atoms with Crippen LogP contribution in [0, 0.1) is 0 Å². The van der Waals surface area contributed by atoms with Crippen LogP contribution in [0.5, 0.6) is 11.5 Å². The highest BCUT2D eigenvalue weighted by Gasteiger charge is 2.42. The number of carbonyl (C=O) groups is 4. The fourth-order valence-corrected chi connectivity index (χ4v) is 7.47. The minimum atomic E-state index is -4.38. The molecule has 0 aromatic heterocycles. The van der Waals surface area contributed by atoms with Crippen LogP contribution in [0.15, 0.2) is 94.9 Å².